The number of ether oxygens (including phenoxy) is 2. The molecular formula is C20H27N3O5S. The lowest BCUT2D eigenvalue weighted by molar-refractivity contribution is 0.0521. The Morgan fingerprint density at radius 1 is 1.10 bits per heavy atom. The van der Waals surface area contributed by atoms with Crippen molar-refractivity contribution in [1.82, 2.24) is 9.29 Å². The number of aromatic amines is 1. The minimum Gasteiger partial charge on any atom is -0.495 e. The molecular weight excluding hydrogens is 394 g/mol. The molecule has 2 heterocycles. The van der Waals surface area contributed by atoms with E-state index in [-0.39, 0.29) is 17.1 Å². The molecule has 0 spiro atoms. The lowest BCUT2D eigenvalue weighted by Gasteiger charge is -2.36. The van der Waals surface area contributed by atoms with Gasteiger partial charge in [-0.2, -0.15) is 4.31 Å². The van der Waals surface area contributed by atoms with Gasteiger partial charge in [-0.1, -0.05) is 12.1 Å². The second kappa shape index (κ2) is 8.46. The summed E-state index contributed by atoms with van der Waals surface area (Å²) in [5.41, 5.74) is 1.97. The number of nitrogens with one attached hydrogen (secondary N) is 1. The van der Waals surface area contributed by atoms with E-state index in [1.807, 2.05) is 24.3 Å². The van der Waals surface area contributed by atoms with Crippen LogP contribution < -0.4 is 9.64 Å². The molecule has 1 fully saturated rings. The lowest BCUT2D eigenvalue weighted by Crippen LogP contribution is -2.49. The highest BCUT2D eigenvalue weighted by Crippen LogP contribution is 2.31. The number of esters is 1. The number of H-pyrrole nitrogens is 1. The number of aryl methyl sites for hydroxylation is 2. The Morgan fingerprint density at radius 2 is 1.76 bits per heavy atom. The molecule has 1 saturated heterocycles. The largest absolute Gasteiger partial charge is 0.495 e. The Balaban J connectivity index is 1.85. The number of aromatic nitrogens is 1. The average molecular weight is 422 g/mol. The zero-order chi connectivity index (χ0) is 21.2. The first kappa shape index (κ1) is 21.2. The number of methoxy groups -OCH3 is 1. The highest BCUT2D eigenvalue weighted by molar-refractivity contribution is 7.89. The number of sulfonamides is 1. The number of carbonyl (C=O) groups is 1. The van der Waals surface area contributed by atoms with Crippen molar-refractivity contribution in [2.75, 3.05) is 44.8 Å². The normalized spacial score (nSPS) is 15.4. The molecule has 3 rings (SSSR count). The van der Waals surface area contributed by atoms with Crippen LogP contribution in [0.4, 0.5) is 5.69 Å². The number of para-hydroxylation sites is 2. The summed E-state index contributed by atoms with van der Waals surface area (Å²) in [6.07, 6.45) is 0. The molecule has 0 saturated carbocycles. The van der Waals surface area contributed by atoms with Gasteiger partial charge in [0.2, 0.25) is 10.0 Å². The Labute approximate surface area is 171 Å². The Hall–Kier alpha value is -2.52. The van der Waals surface area contributed by atoms with E-state index in [1.165, 1.54) is 4.31 Å². The van der Waals surface area contributed by atoms with Crippen molar-refractivity contribution in [3.63, 3.8) is 0 Å². The van der Waals surface area contributed by atoms with Crippen LogP contribution in [0, 0.1) is 13.8 Å². The highest BCUT2D eigenvalue weighted by atomic mass is 32.2. The van der Waals surface area contributed by atoms with Crippen molar-refractivity contribution in [2.24, 2.45) is 0 Å². The van der Waals surface area contributed by atoms with Crippen LogP contribution in [0.15, 0.2) is 29.2 Å². The number of hydrogen-bond donors (Lipinski definition) is 1. The van der Waals surface area contributed by atoms with Crippen molar-refractivity contribution in [1.29, 1.82) is 0 Å². The number of carbonyl (C=O) groups excluding carboxylic acids is 1. The summed E-state index contributed by atoms with van der Waals surface area (Å²) in [7, 11) is -2.23. The summed E-state index contributed by atoms with van der Waals surface area (Å²) < 4.78 is 38.7. The summed E-state index contributed by atoms with van der Waals surface area (Å²) in [5, 5.41) is 0. The van der Waals surface area contributed by atoms with Crippen molar-refractivity contribution < 1.29 is 22.7 Å². The van der Waals surface area contributed by atoms with E-state index in [9.17, 15) is 13.2 Å². The topological polar surface area (TPSA) is 91.9 Å². The fraction of sp³-hybridized carbons (Fsp3) is 0.450. The first-order valence-electron chi connectivity index (χ1n) is 9.55. The molecule has 8 nitrogen and oxygen atoms in total. The van der Waals surface area contributed by atoms with Crippen LogP contribution in [0.2, 0.25) is 0 Å². The van der Waals surface area contributed by atoms with E-state index in [1.54, 1.807) is 27.9 Å². The smallest absolute Gasteiger partial charge is 0.341 e. The zero-order valence-electron chi connectivity index (χ0n) is 17.2. The van der Waals surface area contributed by atoms with Gasteiger partial charge in [0, 0.05) is 37.6 Å². The molecule has 1 aromatic heterocycles. The van der Waals surface area contributed by atoms with Crippen molar-refractivity contribution in [3.8, 4) is 5.75 Å². The van der Waals surface area contributed by atoms with Crippen LogP contribution in [0.5, 0.6) is 5.75 Å². The number of anilines is 1. The van der Waals surface area contributed by atoms with Crippen LogP contribution in [0.3, 0.4) is 0 Å². The molecule has 0 aliphatic carbocycles. The van der Waals surface area contributed by atoms with Crippen molar-refractivity contribution in [2.45, 2.75) is 25.7 Å². The SMILES string of the molecule is CCOC(=O)c1c(C)[nH]c(C)c1S(=O)(=O)N1CCN(c2ccccc2OC)CC1. The summed E-state index contributed by atoms with van der Waals surface area (Å²) in [4.78, 5) is 17.5. The molecule has 29 heavy (non-hydrogen) atoms. The van der Waals surface area contributed by atoms with Crippen molar-refractivity contribution in [3.05, 3.63) is 41.2 Å². The third-order valence-electron chi connectivity index (χ3n) is 5.06. The van der Waals surface area contributed by atoms with Gasteiger partial charge in [0.25, 0.3) is 0 Å². The maximum atomic E-state index is 13.4. The Bertz CT molecular complexity index is 992. The first-order valence-corrected chi connectivity index (χ1v) is 11.0. The summed E-state index contributed by atoms with van der Waals surface area (Å²) in [5.74, 6) is 0.131. The Kier molecular flexibility index (Phi) is 6.18. The zero-order valence-corrected chi connectivity index (χ0v) is 18.0. The minimum absolute atomic E-state index is 0.0131. The predicted octanol–water partition coefficient (Wildman–Crippen LogP) is 2.33. The minimum atomic E-state index is -3.84. The maximum absolute atomic E-state index is 13.4. The lowest BCUT2D eigenvalue weighted by atomic mass is 10.2. The number of rotatable bonds is 6. The van der Waals surface area contributed by atoms with Gasteiger partial charge in [0.1, 0.15) is 16.2 Å². The molecule has 1 aromatic carbocycles. The van der Waals surface area contributed by atoms with Gasteiger partial charge in [0.15, 0.2) is 0 Å². The highest BCUT2D eigenvalue weighted by Gasteiger charge is 2.36. The predicted molar refractivity (Wildman–Crippen MR) is 110 cm³/mol. The molecule has 158 valence electrons. The van der Waals surface area contributed by atoms with E-state index >= 15 is 0 Å². The third kappa shape index (κ3) is 3.97. The van der Waals surface area contributed by atoms with Gasteiger partial charge in [-0.15, -0.1) is 0 Å². The molecule has 0 atom stereocenters. The number of nitrogens with zero attached hydrogens (tertiary/aromatic N) is 2. The van der Waals surface area contributed by atoms with E-state index < -0.39 is 16.0 Å². The van der Waals surface area contributed by atoms with Gasteiger partial charge in [-0.05, 0) is 32.9 Å². The van der Waals surface area contributed by atoms with E-state index in [2.05, 4.69) is 9.88 Å². The molecule has 1 N–H and O–H groups in total. The molecule has 0 amide bonds. The monoisotopic (exact) mass is 421 g/mol. The van der Waals surface area contributed by atoms with Gasteiger partial charge < -0.3 is 19.4 Å². The van der Waals surface area contributed by atoms with Crippen LogP contribution >= 0.6 is 0 Å². The average Bonchev–Trinajstić information content (AvgIpc) is 3.02. The molecule has 1 aliphatic rings. The van der Waals surface area contributed by atoms with Gasteiger partial charge in [-0.25, -0.2) is 13.2 Å². The fourth-order valence-electron chi connectivity index (χ4n) is 3.72. The van der Waals surface area contributed by atoms with Gasteiger partial charge in [-0.3, -0.25) is 0 Å². The van der Waals surface area contributed by atoms with E-state index in [0.29, 0.717) is 37.6 Å². The molecule has 0 bridgehead atoms. The van der Waals surface area contributed by atoms with Crippen LogP contribution in [0.1, 0.15) is 28.7 Å². The molecule has 9 heteroatoms. The second-order valence-corrected chi connectivity index (χ2v) is 8.74. The Morgan fingerprint density at radius 3 is 2.38 bits per heavy atom. The summed E-state index contributed by atoms with van der Waals surface area (Å²) >= 11 is 0. The summed E-state index contributed by atoms with van der Waals surface area (Å²) in [6, 6.07) is 7.67. The quantitative estimate of drug-likeness (QED) is 0.720. The number of benzene rings is 1. The molecule has 2 aromatic rings. The van der Waals surface area contributed by atoms with Gasteiger partial charge in [0.05, 0.1) is 19.4 Å². The van der Waals surface area contributed by atoms with Crippen molar-refractivity contribution >= 4 is 21.7 Å². The van der Waals surface area contributed by atoms with E-state index in [4.69, 9.17) is 9.47 Å². The molecule has 1 aliphatic heterocycles. The second-order valence-electron chi connectivity index (χ2n) is 6.86. The maximum Gasteiger partial charge on any atom is 0.341 e. The summed E-state index contributed by atoms with van der Waals surface area (Å²) in [6.45, 7) is 6.88. The number of piperazine rings is 1. The van der Waals surface area contributed by atoms with Crippen LogP contribution in [-0.2, 0) is 14.8 Å². The number of hydrogen-bond acceptors (Lipinski definition) is 6. The standard InChI is InChI=1S/C20H27N3O5S/c1-5-28-20(24)18-14(2)21-15(3)19(18)29(25,26)23-12-10-22(11-13-23)16-8-6-7-9-17(16)27-4/h6-9,21H,5,10-13H2,1-4H3. The van der Waals surface area contributed by atoms with Gasteiger partial charge >= 0.3 is 5.97 Å². The third-order valence-corrected chi connectivity index (χ3v) is 7.13. The molecule has 0 radical (unpaired) electrons. The van der Waals surface area contributed by atoms with E-state index in [0.717, 1.165) is 11.4 Å². The molecule has 0 unspecified atom stereocenters. The fourth-order valence-corrected chi connectivity index (χ4v) is 5.55. The first-order chi connectivity index (χ1) is 13.8. The van der Waals surface area contributed by atoms with Crippen LogP contribution in [-0.4, -0.2) is 63.6 Å². The van der Waals surface area contributed by atoms with Crippen LogP contribution in [0.25, 0.3) is 0 Å².